The maximum Gasteiger partial charge on any atom is 0.200 e. The molecule has 0 N–H and O–H groups in total. The molecule has 1 heterocycles. The van der Waals surface area contributed by atoms with Crippen molar-refractivity contribution in [2.75, 3.05) is 0 Å². The van der Waals surface area contributed by atoms with Gasteiger partial charge in [-0.25, -0.2) is 9.37 Å². The molecule has 82 valence electrons. The van der Waals surface area contributed by atoms with E-state index >= 15 is 0 Å². The number of fused-ring (bicyclic) bond motifs is 1. The van der Waals surface area contributed by atoms with Crippen LogP contribution in [0.3, 0.4) is 0 Å². The molecule has 0 aliphatic heterocycles. The third-order valence-electron chi connectivity index (χ3n) is 2.90. The zero-order valence-corrected chi connectivity index (χ0v) is 9.51. The van der Waals surface area contributed by atoms with Gasteiger partial charge in [-0.2, -0.15) is 0 Å². The Bertz CT molecular complexity index is 601. The zero-order valence-electron chi connectivity index (χ0n) is 8.69. The Morgan fingerprint density at radius 2 is 2.25 bits per heavy atom. The van der Waals surface area contributed by atoms with Gasteiger partial charge in [-0.15, -0.1) is 0 Å². The average Bonchev–Trinajstić information content (AvgIpc) is 3.04. The van der Waals surface area contributed by atoms with Crippen molar-refractivity contribution < 1.29 is 4.39 Å². The number of halogens is 1. The minimum Gasteiger partial charge on any atom is -0.323 e. The van der Waals surface area contributed by atoms with Crippen LogP contribution >= 0.6 is 12.2 Å². The van der Waals surface area contributed by atoms with Crippen molar-refractivity contribution in [3.05, 3.63) is 35.0 Å². The molecule has 4 heteroatoms. The first kappa shape index (κ1) is 9.90. The lowest BCUT2D eigenvalue weighted by atomic mass is 10.2. The lowest BCUT2D eigenvalue weighted by Gasteiger charge is -2.06. The van der Waals surface area contributed by atoms with Gasteiger partial charge in [0.15, 0.2) is 4.77 Å². The SMILES string of the molecule is Fc1ccc2nc(=S)n(CC3CC3)cc2c1. The fourth-order valence-electron chi connectivity index (χ4n) is 1.83. The second kappa shape index (κ2) is 3.63. The van der Waals surface area contributed by atoms with Crippen LogP contribution in [0.4, 0.5) is 4.39 Å². The monoisotopic (exact) mass is 234 g/mol. The van der Waals surface area contributed by atoms with Crippen molar-refractivity contribution in [2.45, 2.75) is 19.4 Å². The molecule has 0 bridgehead atoms. The molecule has 3 rings (SSSR count). The first-order valence-electron chi connectivity index (χ1n) is 5.39. The maximum atomic E-state index is 13.1. The first-order chi connectivity index (χ1) is 7.72. The van der Waals surface area contributed by atoms with Gasteiger partial charge in [0, 0.05) is 18.1 Å². The summed E-state index contributed by atoms with van der Waals surface area (Å²) in [5.41, 5.74) is 0.762. The lowest BCUT2D eigenvalue weighted by Crippen LogP contribution is -2.03. The van der Waals surface area contributed by atoms with E-state index in [-0.39, 0.29) is 5.82 Å². The molecule has 1 aromatic heterocycles. The third-order valence-corrected chi connectivity index (χ3v) is 3.22. The molecular formula is C12H11FN2S. The standard InChI is InChI=1S/C12H11FN2S/c13-10-3-4-11-9(5-10)7-15(12(16)14-11)6-8-1-2-8/h3-5,7-8H,1-2,6H2. The zero-order chi connectivity index (χ0) is 11.1. The highest BCUT2D eigenvalue weighted by Gasteiger charge is 2.21. The fourth-order valence-corrected chi connectivity index (χ4v) is 2.06. The molecule has 0 saturated heterocycles. The van der Waals surface area contributed by atoms with E-state index in [1.165, 1.54) is 25.0 Å². The summed E-state index contributed by atoms with van der Waals surface area (Å²) < 4.78 is 15.6. The Balaban J connectivity index is 2.14. The van der Waals surface area contributed by atoms with Crippen LogP contribution < -0.4 is 0 Å². The van der Waals surface area contributed by atoms with Crippen molar-refractivity contribution in [1.82, 2.24) is 9.55 Å². The summed E-state index contributed by atoms with van der Waals surface area (Å²) in [6.45, 7) is 0.915. The maximum absolute atomic E-state index is 13.1. The molecule has 1 aliphatic rings. The largest absolute Gasteiger partial charge is 0.323 e. The van der Waals surface area contributed by atoms with Crippen molar-refractivity contribution in [3.63, 3.8) is 0 Å². The summed E-state index contributed by atoms with van der Waals surface area (Å²) >= 11 is 5.22. The third kappa shape index (κ3) is 1.85. The summed E-state index contributed by atoms with van der Waals surface area (Å²) in [4.78, 5) is 4.31. The smallest absolute Gasteiger partial charge is 0.200 e. The Morgan fingerprint density at radius 1 is 1.44 bits per heavy atom. The number of hydrogen-bond donors (Lipinski definition) is 0. The van der Waals surface area contributed by atoms with Crippen molar-refractivity contribution in [1.29, 1.82) is 0 Å². The van der Waals surface area contributed by atoms with Gasteiger partial charge in [0.1, 0.15) is 5.82 Å². The molecule has 0 radical (unpaired) electrons. The molecular weight excluding hydrogens is 223 g/mol. The second-order valence-corrected chi connectivity index (χ2v) is 4.69. The average molecular weight is 234 g/mol. The first-order valence-corrected chi connectivity index (χ1v) is 5.80. The summed E-state index contributed by atoms with van der Waals surface area (Å²) in [7, 11) is 0. The molecule has 2 nitrogen and oxygen atoms in total. The van der Waals surface area contributed by atoms with Crippen LogP contribution in [0.1, 0.15) is 12.8 Å². The van der Waals surface area contributed by atoms with E-state index in [9.17, 15) is 4.39 Å². The summed E-state index contributed by atoms with van der Waals surface area (Å²) in [5.74, 6) is 0.504. The number of aromatic nitrogens is 2. The van der Waals surface area contributed by atoms with E-state index in [2.05, 4.69) is 4.98 Å². The van der Waals surface area contributed by atoms with Crippen LogP contribution in [-0.4, -0.2) is 9.55 Å². The van der Waals surface area contributed by atoms with Crippen LogP contribution in [0.15, 0.2) is 24.4 Å². The second-order valence-electron chi connectivity index (χ2n) is 4.32. The number of benzene rings is 1. The van der Waals surface area contributed by atoms with E-state index in [0.717, 1.165) is 23.4 Å². The molecule has 1 fully saturated rings. The molecule has 0 atom stereocenters. The normalized spacial score (nSPS) is 15.6. The molecule has 1 aromatic carbocycles. The fraction of sp³-hybridized carbons (Fsp3) is 0.333. The minimum atomic E-state index is -0.232. The summed E-state index contributed by atoms with van der Waals surface area (Å²) in [6, 6.07) is 4.58. The van der Waals surface area contributed by atoms with E-state index in [0.29, 0.717) is 4.77 Å². The van der Waals surface area contributed by atoms with Gasteiger partial charge in [0.25, 0.3) is 0 Å². The van der Waals surface area contributed by atoms with Gasteiger partial charge in [-0.05, 0) is 49.2 Å². The van der Waals surface area contributed by atoms with Gasteiger partial charge in [0.2, 0.25) is 0 Å². The highest BCUT2D eigenvalue weighted by Crippen LogP contribution is 2.30. The van der Waals surface area contributed by atoms with E-state index < -0.39 is 0 Å². The molecule has 0 amide bonds. The quantitative estimate of drug-likeness (QED) is 0.742. The van der Waals surface area contributed by atoms with Gasteiger partial charge in [-0.3, -0.25) is 0 Å². The van der Waals surface area contributed by atoms with Crippen LogP contribution in [0, 0.1) is 16.5 Å². The highest BCUT2D eigenvalue weighted by molar-refractivity contribution is 7.71. The Hall–Kier alpha value is -1.29. The Morgan fingerprint density at radius 3 is 3.00 bits per heavy atom. The Labute approximate surface area is 97.7 Å². The lowest BCUT2D eigenvalue weighted by molar-refractivity contribution is 0.608. The van der Waals surface area contributed by atoms with Crippen molar-refractivity contribution >= 4 is 23.1 Å². The van der Waals surface area contributed by atoms with Gasteiger partial charge < -0.3 is 4.57 Å². The summed E-state index contributed by atoms with van der Waals surface area (Å²) in [6.07, 6.45) is 4.44. The van der Waals surface area contributed by atoms with Gasteiger partial charge >= 0.3 is 0 Å². The molecule has 16 heavy (non-hydrogen) atoms. The minimum absolute atomic E-state index is 0.232. The predicted molar refractivity (Wildman–Crippen MR) is 63.2 cm³/mol. The topological polar surface area (TPSA) is 17.8 Å². The molecule has 0 spiro atoms. The van der Waals surface area contributed by atoms with Crippen LogP contribution in [0.5, 0.6) is 0 Å². The van der Waals surface area contributed by atoms with Crippen LogP contribution in [0.2, 0.25) is 0 Å². The van der Waals surface area contributed by atoms with E-state index in [1.54, 1.807) is 6.07 Å². The molecule has 2 aromatic rings. The van der Waals surface area contributed by atoms with Crippen molar-refractivity contribution in [2.24, 2.45) is 5.92 Å². The van der Waals surface area contributed by atoms with E-state index in [4.69, 9.17) is 12.2 Å². The number of hydrogen-bond acceptors (Lipinski definition) is 2. The Kier molecular flexibility index (Phi) is 2.24. The molecule has 1 aliphatic carbocycles. The van der Waals surface area contributed by atoms with E-state index in [1.807, 2.05) is 10.8 Å². The molecule has 1 saturated carbocycles. The summed E-state index contributed by atoms with van der Waals surface area (Å²) in [5, 5.41) is 0.814. The van der Waals surface area contributed by atoms with Crippen LogP contribution in [0.25, 0.3) is 10.9 Å². The molecule has 0 unspecified atom stereocenters. The highest BCUT2D eigenvalue weighted by atomic mass is 32.1. The van der Waals surface area contributed by atoms with Gasteiger partial charge in [0.05, 0.1) is 5.52 Å². The van der Waals surface area contributed by atoms with Gasteiger partial charge in [-0.1, -0.05) is 0 Å². The number of rotatable bonds is 2. The number of nitrogens with zero attached hydrogens (tertiary/aromatic N) is 2. The predicted octanol–water partition coefficient (Wildman–Crippen LogP) is 3.31. The van der Waals surface area contributed by atoms with Crippen LogP contribution in [-0.2, 0) is 6.54 Å². The van der Waals surface area contributed by atoms with Crippen molar-refractivity contribution in [3.8, 4) is 0 Å².